The number of nitrogen functional groups attached to an aromatic ring is 1. The monoisotopic (exact) mass is 337 g/mol. The summed E-state index contributed by atoms with van der Waals surface area (Å²) in [6.07, 6.45) is 1.32. The van der Waals surface area contributed by atoms with Crippen molar-refractivity contribution in [1.29, 1.82) is 0 Å². The lowest BCUT2D eigenvalue weighted by atomic mass is 10.1. The van der Waals surface area contributed by atoms with Crippen molar-refractivity contribution in [3.05, 3.63) is 65.2 Å². The molecule has 0 aliphatic rings. The molecule has 0 unspecified atom stereocenters. The maximum atomic E-state index is 12.3. The lowest BCUT2D eigenvalue weighted by Crippen LogP contribution is -2.24. The third-order valence-corrected chi connectivity index (χ3v) is 3.76. The highest BCUT2D eigenvalue weighted by molar-refractivity contribution is 5.92. The summed E-state index contributed by atoms with van der Waals surface area (Å²) in [6, 6.07) is 11.5. The number of anilines is 3. The normalized spacial score (nSPS) is 10.5. The number of amides is 1. The molecule has 1 amide bonds. The summed E-state index contributed by atoms with van der Waals surface area (Å²) >= 11 is 0. The van der Waals surface area contributed by atoms with Gasteiger partial charge in [0.2, 0.25) is 0 Å². The Balaban J connectivity index is 1.64. The molecule has 0 aliphatic heterocycles. The van der Waals surface area contributed by atoms with Crippen LogP contribution in [0.1, 0.15) is 27.3 Å². The van der Waals surface area contributed by atoms with Gasteiger partial charge in [-0.15, -0.1) is 0 Å². The van der Waals surface area contributed by atoms with Crippen molar-refractivity contribution < 1.29 is 9.21 Å². The van der Waals surface area contributed by atoms with Crippen molar-refractivity contribution in [2.45, 2.75) is 20.4 Å². The third kappa shape index (κ3) is 3.95. The molecular formula is C18H19N5O2. The number of carbonyl (C=O) groups excluding carboxylic acids is 1. The number of hydrogen-bond acceptors (Lipinski definition) is 6. The molecule has 7 nitrogen and oxygen atoms in total. The molecule has 0 atom stereocenters. The Hall–Kier alpha value is -3.35. The van der Waals surface area contributed by atoms with Gasteiger partial charge >= 0.3 is 0 Å². The van der Waals surface area contributed by atoms with E-state index in [4.69, 9.17) is 10.2 Å². The van der Waals surface area contributed by atoms with Gasteiger partial charge in [0, 0.05) is 17.9 Å². The number of pyridine rings is 1. The van der Waals surface area contributed by atoms with Crippen LogP contribution in [0, 0.1) is 13.8 Å². The topological polar surface area (TPSA) is 106 Å². The molecule has 25 heavy (non-hydrogen) atoms. The van der Waals surface area contributed by atoms with Gasteiger partial charge in [-0.25, -0.2) is 4.98 Å². The van der Waals surface area contributed by atoms with Gasteiger partial charge in [-0.2, -0.15) is 4.98 Å². The van der Waals surface area contributed by atoms with Gasteiger partial charge in [-0.1, -0.05) is 18.2 Å². The molecule has 0 saturated heterocycles. The van der Waals surface area contributed by atoms with Crippen molar-refractivity contribution in [2.24, 2.45) is 0 Å². The van der Waals surface area contributed by atoms with Crippen molar-refractivity contribution in [1.82, 2.24) is 15.3 Å². The highest BCUT2D eigenvalue weighted by atomic mass is 16.4. The average Bonchev–Trinajstić information content (AvgIpc) is 3.03. The minimum absolute atomic E-state index is 0.206. The Bertz CT molecular complexity index is 866. The number of nitrogens with two attached hydrogens (primary N) is 1. The molecule has 3 rings (SSSR count). The standard InChI is InChI=1S/C18H19N5O2/c1-11-8-16(19)21-12(2)14(11)9-20-17(24)15-10-25-18(23-15)22-13-6-4-3-5-7-13/h3-8,10H,9H2,1-2H3,(H2,19,21)(H,20,24)(H,22,23). The van der Waals surface area contributed by atoms with E-state index in [1.807, 2.05) is 44.2 Å². The zero-order chi connectivity index (χ0) is 17.8. The van der Waals surface area contributed by atoms with Gasteiger partial charge in [0.1, 0.15) is 12.1 Å². The number of hydrogen-bond donors (Lipinski definition) is 3. The second kappa shape index (κ2) is 7.04. The Morgan fingerprint density at radius 2 is 1.96 bits per heavy atom. The highest BCUT2D eigenvalue weighted by Crippen LogP contribution is 2.16. The zero-order valence-electron chi connectivity index (χ0n) is 14.0. The van der Waals surface area contributed by atoms with E-state index >= 15 is 0 Å². The van der Waals surface area contributed by atoms with Gasteiger partial charge in [-0.3, -0.25) is 4.79 Å². The van der Waals surface area contributed by atoms with Crippen molar-refractivity contribution in [3.63, 3.8) is 0 Å². The number of para-hydroxylation sites is 1. The van der Waals surface area contributed by atoms with Crippen LogP contribution in [0.25, 0.3) is 0 Å². The summed E-state index contributed by atoms with van der Waals surface area (Å²) in [4.78, 5) is 20.6. The van der Waals surface area contributed by atoms with Gasteiger partial charge < -0.3 is 20.8 Å². The summed E-state index contributed by atoms with van der Waals surface area (Å²) in [5.41, 5.74) is 9.47. The molecule has 2 aromatic heterocycles. The van der Waals surface area contributed by atoms with Gasteiger partial charge in [0.05, 0.1) is 0 Å². The van der Waals surface area contributed by atoms with E-state index < -0.39 is 0 Å². The summed E-state index contributed by atoms with van der Waals surface area (Å²) < 4.78 is 5.29. The first kappa shape index (κ1) is 16.5. The Labute approximate surface area is 145 Å². The van der Waals surface area contributed by atoms with E-state index in [0.717, 1.165) is 22.5 Å². The molecule has 128 valence electrons. The van der Waals surface area contributed by atoms with E-state index in [1.54, 1.807) is 6.07 Å². The number of aryl methyl sites for hydroxylation is 2. The molecule has 1 aromatic carbocycles. The molecule has 0 spiro atoms. The Kier molecular flexibility index (Phi) is 4.65. The number of nitrogens with zero attached hydrogens (tertiary/aromatic N) is 2. The number of oxazole rings is 1. The molecular weight excluding hydrogens is 318 g/mol. The van der Waals surface area contributed by atoms with Crippen LogP contribution >= 0.6 is 0 Å². The predicted octanol–water partition coefficient (Wildman–Crippen LogP) is 2.94. The zero-order valence-corrected chi connectivity index (χ0v) is 14.0. The van der Waals surface area contributed by atoms with Crippen molar-refractivity contribution in [3.8, 4) is 0 Å². The van der Waals surface area contributed by atoms with Crippen LogP contribution in [-0.4, -0.2) is 15.9 Å². The first-order valence-electron chi connectivity index (χ1n) is 7.81. The Morgan fingerprint density at radius 1 is 1.20 bits per heavy atom. The SMILES string of the molecule is Cc1cc(N)nc(C)c1CNC(=O)c1coc(Nc2ccccc2)n1. The first-order valence-corrected chi connectivity index (χ1v) is 7.81. The molecule has 0 aliphatic carbocycles. The number of benzene rings is 1. The number of carbonyl (C=O) groups is 1. The van der Waals surface area contributed by atoms with Crippen LogP contribution in [0.3, 0.4) is 0 Å². The second-order valence-corrected chi connectivity index (χ2v) is 5.64. The van der Waals surface area contributed by atoms with Crippen LogP contribution in [0.5, 0.6) is 0 Å². The van der Waals surface area contributed by atoms with Crippen molar-refractivity contribution >= 4 is 23.4 Å². The third-order valence-electron chi connectivity index (χ3n) is 3.76. The summed E-state index contributed by atoms with van der Waals surface area (Å²) in [5.74, 6) is 0.152. The molecule has 2 heterocycles. The fraction of sp³-hybridized carbons (Fsp3) is 0.167. The van der Waals surface area contributed by atoms with E-state index in [1.165, 1.54) is 6.26 Å². The van der Waals surface area contributed by atoms with Crippen molar-refractivity contribution in [2.75, 3.05) is 11.1 Å². The van der Waals surface area contributed by atoms with Crippen LogP contribution in [0.15, 0.2) is 47.1 Å². The second-order valence-electron chi connectivity index (χ2n) is 5.64. The number of nitrogens with one attached hydrogen (secondary N) is 2. The lowest BCUT2D eigenvalue weighted by molar-refractivity contribution is 0.0946. The predicted molar refractivity (Wildman–Crippen MR) is 95.5 cm³/mol. The summed E-state index contributed by atoms with van der Waals surface area (Å²) in [7, 11) is 0. The fourth-order valence-electron chi connectivity index (χ4n) is 2.49. The van der Waals surface area contributed by atoms with E-state index in [-0.39, 0.29) is 17.6 Å². The smallest absolute Gasteiger partial charge is 0.299 e. The van der Waals surface area contributed by atoms with Crippen LogP contribution in [-0.2, 0) is 6.54 Å². The quantitative estimate of drug-likeness (QED) is 0.661. The highest BCUT2D eigenvalue weighted by Gasteiger charge is 2.14. The molecule has 7 heteroatoms. The lowest BCUT2D eigenvalue weighted by Gasteiger charge is -2.10. The molecule has 0 radical (unpaired) electrons. The minimum Gasteiger partial charge on any atom is -0.431 e. The number of rotatable bonds is 5. The minimum atomic E-state index is -0.319. The largest absolute Gasteiger partial charge is 0.431 e. The van der Waals surface area contributed by atoms with Gasteiger partial charge in [0.15, 0.2) is 5.69 Å². The maximum absolute atomic E-state index is 12.3. The van der Waals surface area contributed by atoms with Crippen LogP contribution < -0.4 is 16.4 Å². The Morgan fingerprint density at radius 3 is 2.68 bits per heavy atom. The molecule has 0 bridgehead atoms. The maximum Gasteiger partial charge on any atom is 0.299 e. The van der Waals surface area contributed by atoms with E-state index in [9.17, 15) is 4.79 Å². The summed E-state index contributed by atoms with van der Waals surface area (Å²) in [6.45, 7) is 4.14. The van der Waals surface area contributed by atoms with E-state index in [2.05, 4.69) is 20.6 Å². The van der Waals surface area contributed by atoms with Crippen LogP contribution in [0.4, 0.5) is 17.5 Å². The van der Waals surface area contributed by atoms with Gasteiger partial charge in [-0.05, 0) is 43.2 Å². The molecule has 4 N–H and O–H groups in total. The summed E-state index contributed by atoms with van der Waals surface area (Å²) in [5, 5.41) is 5.82. The molecule has 3 aromatic rings. The molecule has 0 fully saturated rings. The number of aromatic nitrogens is 2. The van der Waals surface area contributed by atoms with Crippen LogP contribution in [0.2, 0.25) is 0 Å². The first-order chi connectivity index (χ1) is 12.0. The fourth-order valence-corrected chi connectivity index (χ4v) is 2.49. The average molecular weight is 337 g/mol. The van der Waals surface area contributed by atoms with Gasteiger partial charge in [0.25, 0.3) is 11.9 Å². The van der Waals surface area contributed by atoms with E-state index in [0.29, 0.717) is 12.4 Å². The molecule has 0 saturated carbocycles.